The van der Waals surface area contributed by atoms with Gasteiger partial charge in [-0.25, -0.2) is 0 Å². The SMILES string of the molecule is CNCc1cc(Br)c(OCCc2ccsc2)c(Br)c1. The lowest BCUT2D eigenvalue weighted by atomic mass is 10.2. The standard InChI is InChI=1S/C14H15Br2NOS/c1-17-8-11-6-12(15)14(13(16)7-11)18-4-2-10-3-5-19-9-10/h3,5-7,9,17H,2,4,8H2,1H3. The van der Waals surface area contributed by atoms with Gasteiger partial charge in [0.2, 0.25) is 0 Å². The van der Waals surface area contributed by atoms with Crippen molar-refractivity contribution in [1.82, 2.24) is 5.32 Å². The molecule has 2 nitrogen and oxygen atoms in total. The highest BCUT2D eigenvalue weighted by Crippen LogP contribution is 2.34. The summed E-state index contributed by atoms with van der Waals surface area (Å²) >= 11 is 8.85. The van der Waals surface area contributed by atoms with Gasteiger partial charge in [0, 0.05) is 13.0 Å². The van der Waals surface area contributed by atoms with Gasteiger partial charge in [0.25, 0.3) is 0 Å². The van der Waals surface area contributed by atoms with Crippen LogP contribution in [0, 0.1) is 0 Å². The van der Waals surface area contributed by atoms with Gasteiger partial charge in [0.1, 0.15) is 5.75 Å². The fourth-order valence-corrected chi connectivity index (χ4v) is 3.98. The minimum atomic E-state index is 0.680. The van der Waals surface area contributed by atoms with Gasteiger partial charge >= 0.3 is 0 Å². The quantitative estimate of drug-likeness (QED) is 0.758. The van der Waals surface area contributed by atoms with E-state index in [2.05, 4.69) is 66.1 Å². The normalized spacial score (nSPS) is 10.7. The first kappa shape index (κ1) is 15.0. The van der Waals surface area contributed by atoms with E-state index in [-0.39, 0.29) is 0 Å². The number of thiophene rings is 1. The first-order valence-electron chi connectivity index (χ1n) is 5.97. The summed E-state index contributed by atoms with van der Waals surface area (Å²) in [7, 11) is 1.94. The molecule has 0 aliphatic carbocycles. The van der Waals surface area contributed by atoms with Crippen molar-refractivity contribution in [1.29, 1.82) is 0 Å². The fraction of sp³-hybridized carbons (Fsp3) is 0.286. The monoisotopic (exact) mass is 403 g/mol. The van der Waals surface area contributed by atoms with Gasteiger partial charge in [-0.1, -0.05) is 0 Å². The van der Waals surface area contributed by atoms with Gasteiger partial charge in [-0.05, 0) is 79.0 Å². The van der Waals surface area contributed by atoms with Crippen molar-refractivity contribution in [2.75, 3.05) is 13.7 Å². The summed E-state index contributed by atoms with van der Waals surface area (Å²) in [6.45, 7) is 1.52. The van der Waals surface area contributed by atoms with Gasteiger partial charge < -0.3 is 10.1 Å². The third kappa shape index (κ3) is 4.31. The number of halogens is 2. The maximum atomic E-state index is 5.86. The van der Waals surface area contributed by atoms with Crippen molar-refractivity contribution in [2.24, 2.45) is 0 Å². The average molecular weight is 405 g/mol. The van der Waals surface area contributed by atoms with Crippen molar-refractivity contribution in [2.45, 2.75) is 13.0 Å². The molecule has 2 rings (SSSR count). The van der Waals surface area contributed by atoms with Crippen LogP contribution >= 0.6 is 43.2 Å². The van der Waals surface area contributed by atoms with E-state index in [9.17, 15) is 0 Å². The Morgan fingerprint density at radius 2 is 1.95 bits per heavy atom. The minimum Gasteiger partial charge on any atom is -0.491 e. The lowest BCUT2D eigenvalue weighted by molar-refractivity contribution is 0.318. The average Bonchev–Trinajstić information content (AvgIpc) is 2.86. The van der Waals surface area contributed by atoms with Crippen LogP contribution in [0.4, 0.5) is 0 Å². The summed E-state index contributed by atoms with van der Waals surface area (Å²) < 4.78 is 7.83. The molecule has 0 fully saturated rings. The van der Waals surface area contributed by atoms with Crippen LogP contribution in [-0.2, 0) is 13.0 Å². The minimum absolute atomic E-state index is 0.680. The van der Waals surface area contributed by atoms with Gasteiger partial charge in [0.15, 0.2) is 0 Å². The van der Waals surface area contributed by atoms with E-state index in [1.165, 1.54) is 11.1 Å². The van der Waals surface area contributed by atoms with E-state index in [1.807, 2.05) is 7.05 Å². The van der Waals surface area contributed by atoms with Crippen molar-refractivity contribution in [3.05, 3.63) is 49.0 Å². The Labute approximate surface area is 134 Å². The Kier molecular flexibility index (Phi) is 5.88. The second-order valence-electron chi connectivity index (χ2n) is 4.15. The van der Waals surface area contributed by atoms with E-state index in [0.29, 0.717) is 6.61 Å². The number of ether oxygens (including phenoxy) is 1. The number of hydrogen-bond acceptors (Lipinski definition) is 3. The largest absolute Gasteiger partial charge is 0.491 e. The van der Waals surface area contributed by atoms with Gasteiger partial charge in [-0.15, -0.1) is 0 Å². The molecule has 1 N–H and O–H groups in total. The van der Waals surface area contributed by atoms with Crippen LogP contribution in [0.2, 0.25) is 0 Å². The molecule has 0 amide bonds. The molecule has 0 saturated heterocycles. The molecule has 1 aromatic heterocycles. The number of nitrogens with one attached hydrogen (secondary N) is 1. The molecule has 102 valence electrons. The second-order valence-corrected chi connectivity index (χ2v) is 6.64. The number of hydrogen-bond donors (Lipinski definition) is 1. The molecule has 0 saturated carbocycles. The van der Waals surface area contributed by atoms with Crippen molar-refractivity contribution in [3.63, 3.8) is 0 Å². The summed E-state index contributed by atoms with van der Waals surface area (Å²) in [6, 6.07) is 6.30. The van der Waals surface area contributed by atoms with Crippen LogP contribution in [0.1, 0.15) is 11.1 Å². The van der Waals surface area contributed by atoms with Crippen LogP contribution in [-0.4, -0.2) is 13.7 Å². The molecule has 0 bridgehead atoms. The maximum Gasteiger partial charge on any atom is 0.147 e. The lowest BCUT2D eigenvalue weighted by Gasteiger charge is -2.12. The van der Waals surface area contributed by atoms with Gasteiger partial charge in [-0.3, -0.25) is 0 Å². The molecule has 1 aromatic carbocycles. The maximum absolute atomic E-state index is 5.86. The predicted octanol–water partition coefficient (Wildman–Crippen LogP) is 4.61. The molecular weight excluding hydrogens is 390 g/mol. The summed E-state index contributed by atoms with van der Waals surface area (Å²) in [5, 5.41) is 7.39. The summed E-state index contributed by atoms with van der Waals surface area (Å²) in [6.07, 6.45) is 0.931. The molecule has 0 atom stereocenters. The molecule has 0 aliphatic heterocycles. The molecule has 1 heterocycles. The zero-order valence-electron chi connectivity index (χ0n) is 10.6. The van der Waals surface area contributed by atoms with Crippen LogP contribution in [0.25, 0.3) is 0 Å². The summed E-state index contributed by atoms with van der Waals surface area (Å²) in [5.41, 5.74) is 2.54. The highest BCUT2D eigenvalue weighted by atomic mass is 79.9. The Morgan fingerprint density at radius 1 is 1.21 bits per heavy atom. The molecule has 0 radical (unpaired) electrons. The van der Waals surface area contributed by atoms with E-state index < -0.39 is 0 Å². The number of rotatable bonds is 6. The van der Waals surface area contributed by atoms with Crippen LogP contribution in [0.5, 0.6) is 5.75 Å². The predicted molar refractivity (Wildman–Crippen MR) is 88.1 cm³/mol. The Hall–Kier alpha value is -0.360. The Morgan fingerprint density at radius 3 is 2.53 bits per heavy atom. The highest BCUT2D eigenvalue weighted by molar-refractivity contribution is 9.11. The topological polar surface area (TPSA) is 21.3 Å². The zero-order valence-corrected chi connectivity index (χ0v) is 14.6. The van der Waals surface area contributed by atoms with Gasteiger partial charge in [-0.2, -0.15) is 11.3 Å². The van der Waals surface area contributed by atoms with Crippen molar-refractivity contribution < 1.29 is 4.74 Å². The Bertz CT molecular complexity index is 505. The molecule has 0 aliphatic rings. The molecule has 19 heavy (non-hydrogen) atoms. The molecule has 0 spiro atoms. The molecule has 2 aromatic rings. The Balaban J connectivity index is 1.99. The molecular formula is C14H15Br2NOS. The van der Waals surface area contributed by atoms with Crippen LogP contribution < -0.4 is 10.1 Å². The third-order valence-electron chi connectivity index (χ3n) is 2.66. The third-order valence-corrected chi connectivity index (χ3v) is 4.57. The van der Waals surface area contributed by atoms with E-state index in [0.717, 1.165) is 27.7 Å². The van der Waals surface area contributed by atoms with Crippen LogP contribution in [0.15, 0.2) is 37.9 Å². The summed E-state index contributed by atoms with van der Waals surface area (Å²) in [4.78, 5) is 0. The lowest BCUT2D eigenvalue weighted by Crippen LogP contribution is -2.06. The van der Waals surface area contributed by atoms with E-state index >= 15 is 0 Å². The summed E-state index contributed by atoms with van der Waals surface area (Å²) in [5.74, 6) is 0.870. The second kappa shape index (κ2) is 7.43. The van der Waals surface area contributed by atoms with E-state index in [4.69, 9.17) is 4.74 Å². The molecule has 0 unspecified atom stereocenters. The van der Waals surface area contributed by atoms with Gasteiger partial charge in [0.05, 0.1) is 15.6 Å². The van der Waals surface area contributed by atoms with Crippen molar-refractivity contribution >= 4 is 43.2 Å². The first-order chi connectivity index (χ1) is 9.20. The van der Waals surface area contributed by atoms with Crippen molar-refractivity contribution in [3.8, 4) is 5.75 Å². The fourth-order valence-electron chi connectivity index (χ4n) is 1.76. The first-order valence-corrected chi connectivity index (χ1v) is 8.50. The van der Waals surface area contributed by atoms with E-state index in [1.54, 1.807) is 11.3 Å². The van der Waals surface area contributed by atoms with Crippen LogP contribution in [0.3, 0.4) is 0 Å². The number of benzene rings is 1. The zero-order chi connectivity index (χ0) is 13.7. The smallest absolute Gasteiger partial charge is 0.147 e. The molecule has 5 heteroatoms. The highest BCUT2D eigenvalue weighted by Gasteiger charge is 2.09.